The van der Waals surface area contributed by atoms with Crippen molar-refractivity contribution in [2.45, 2.75) is 31.6 Å². The highest BCUT2D eigenvalue weighted by Gasteiger charge is 2.16. The molecule has 0 atom stereocenters. The first kappa shape index (κ1) is 21.8. The molecule has 32 heavy (non-hydrogen) atoms. The highest BCUT2D eigenvalue weighted by atomic mass is 32.2. The molecule has 1 aliphatic heterocycles. The van der Waals surface area contributed by atoms with Crippen LogP contribution >= 0.6 is 0 Å². The molecular formula is C23H25N5O3S. The smallest absolute Gasteiger partial charge is 0.261 e. The van der Waals surface area contributed by atoms with Gasteiger partial charge in [-0.25, -0.2) is 13.4 Å². The number of carbonyl (C=O) groups is 1. The van der Waals surface area contributed by atoms with E-state index in [9.17, 15) is 13.2 Å². The first-order valence-corrected chi connectivity index (χ1v) is 11.9. The van der Waals surface area contributed by atoms with Gasteiger partial charge in [-0.05, 0) is 63.1 Å². The number of carbonyl (C=O) groups excluding carboxylic acids is 1. The third kappa shape index (κ3) is 5.05. The zero-order valence-corrected chi connectivity index (χ0v) is 18.8. The summed E-state index contributed by atoms with van der Waals surface area (Å²) in [5.41, 5.74) is 2.51. The normalized spacial score (nSPS) is 13.8. The summed E-state index contributed by atoms with van der Waals surface area (Å²) in [6.07, 6.45) is 2.34. The predicted octanol–water partition coefficient (Wildman–Crippen LogP) is 4.13. The van der Waals surface area contributed by atoms with Gasteiger partial charge >= 0.3 is 0 Å². The van der Waals surface area contributed by atoms with Crippen LogP contribution in [0.1, 0.15) is 35.8 Å². The van der Waals surface area contributed by atoms with Gasteiger partial charge in [-0.1, -0.05) is 12.1 Å². The first-order valence-electron chi connectivity index (χ1n) is 10.4. The van der Waals surface area contributed by atoms with E-state index < -0.39 is 10.0 Å². The lowest BCUT2D eigenvalue weighted by atomic mass is 10.2. The Labute approximate surface area is 187 Å². The van der Waals surface area contributed by atoms with E-state index in [1.807, 2.05) is 13.0 Å². The second-order valence-corrected chi connectivity index (χ2v) is 9.46. The summed E-state index contributed by atoms with van der Waals surface area (Å²) in [5, 5.41) is 3.19. The number of sulfonamides is 1. The number of ketones is 1. The zero-order chi connectivity index (χ0) is 22.7. The van der Waals surface area contributed by atoms with Crippen LogP contribution in [0.5, 0.6) is 0 Å². The fourth-order valence-corrected chi connectivity index (χ4v) is 4.61. The monoisotopic (exact) mass is 451 g/mol. The quantitative estimate of drug-likeness (QED) is 0.520. The Balaban J connectivity index is 1.46. The van der Waals surface area contributed by atoms with E-state index in [0.29, 0.717) is 17.2 Å². The summed E-state index contributed by atoms with van der Waals surface area (Å²) in [5.74, 6) is 1.30. The molecule has 1 aliphatic rings. The molecule has 4 rings (SSSR count). The van der Waals surface area contributed by atoms with Crippen LogP contribution in [0.3, 0.4) is 0 Å². The molecule has 0 unspecified atom stereocenters. The Hall–Kier alpha value is -3.46. The maximum absolute atomic E-state index is 12.6. The average Bonchev–Trinajstić information content (AvgIpc) is 3.30. The summed E-state index contributed by atoms with van der Waals surface area (Å²) in [7, 11) is -3.76. The van der Waals surface area contributed by atoms with Crippen molar-refractivity contribution in [3.8, 4) is 0 Å². The molecule has 1 fully saturated rings. The summed E-state index contributed by atoms with van der Waals surface area (Å²) < 4.78 is 27.8. The van der Waals surface area contributed by atoms with Crippen molar-refractivity contribution in [3.05, 3.63) is 65.9 Å². The Bertz CT molecular complexity index is 1220. The molecule has 3 aromatic rings. The molecule has 0 amide bonds. The maximum Gasteiger partial charge on any atom is 0.261 e. The van der Waals surface area contributed by atoms with Crippen molar-refractivity contribution in [2.24, 2.45) is 0 Å². The van der Waals surface area contributed by atoms with Gasteiger partial charge in [-0.3, -0.25) is 9.52 Å². The molecule has 0 spiro atoms. The van der Waals surface area contributed by atoms with E-state index in [4.69, 9.17) is 0 Å². The van der Waals surface area contributed by atoms with Gasteiger partial charge in [0.25, 0.3) is 10.0 Å². The molecule has 0 radical (unpaired) electrons. The third-order valence-electron chi connectivity index (χ3n) is 5.24. The van der Waals surface area contributed by atoms with Crippen LogP contribution in [0.15, 0.2) is 59.5 Å². The minimum Gasteiger partial charge on any atom is -0.356 e. The van der Waals surface area contributed by atoms with E-state index in [1.165, 1.54) is 44.0 Å². The predicted molar refractivity (Wildman–Crippen MR) is 125 cm³/mol. The second kappa shape index (κ2) is 8.96. The number of rotatable bonds is 7. The fourth-order valence-electron chi connectivity index (χ4n) is 3.55. The molecule has 166 valence electrons. The fraction of sp³-hybridized carbons (Fsp3) is 0.261. The van der Waals surface area contributed by atoms with Crippen molar-refractivity contribution in [2.75, 3.05) is 28.0 Å². The number of anilines is 4. The van der Waals surface area contributed by atoms with Crippen LogP contribution < -0.4 is 14.9 Å². The van der Waals surface area contributed by atoms with Crippen LogP contribution in [-0.4, -0.2) is 37.3 Å². The molecule has 0 bridgehead atoms. The summed E-state index contributed by atoms with van der Waals surface area (Å²) >= 11 is 0. The largest absolute Gasteiger partial charge is 0.356 e. The number of hydrogen-bond donors (Lipinski definition) is 2. The van der Waals surface area contributed by atoms with E-state index >= 15 is 0 Å². The second-order valence-electron chi connectivity index (χ2n) is 7.77. The molecular weight excluding hydrogens is 426 g/mol. The molecule has 2 N–H and O–H groups in total. The van der Waals surface area contributed by atoms with Crippen LogP contribution in [0.4, 0.5) is 23.1 Å². The van der Waals surface area contributed by atoms with Crippen LogP contribution in [0, 0.1) is 6.92 Å². The highest BCUT2D eigenvalue weighted by molar-refractivity contribution is 7.92. The van der Waals surface area contributed by atoms with Crippen molar-refractivity contribution in [3.63, 3.8) is 0 Å². The van der Waals surface area contributed by atoms with Crippen LogP contribution in [-0.2, 0) is 10.0 Å². The number of aryl methyl sites for hydroxylation is 1. The van der Waals surface area contributed by atoms with Gasteiger partial charge in [-0.15, -0.1) is 0 Å². The van der Waals surface area contributed by atoms with Gasteiger partial charge in [0.2, 0.25) is 5.95 Å². The molecule has 0 saturated carbocycles. The van der Waals surface area contributed by atoms with Gasteiger partial charge in [0.05, 0.1) is 4.90 Å². The lowest BCUT2D eigenvalue weighted by Gasteiger charge is -2.17. The summed E-state index contributed by atoms with van der Waals surface area (Å²) in [4.78, 5) is 22.8. The summed E-state index contributed by atoms with van der Waals surface area (Å²) in [6, 6.07) is 14.7. The van der Waals surface area contributed by atoms with E-state index in [0.717, 1.165) is 30.3 Å². The minimum absolute atomic E-state index is 0.0901. The Morgan fingerprint density at radius 1 is 0.938 bits per heavy atom. The maximum atomic E-state index is 12.6. The topological polar surface area (TPSA) is 104 Å². The Morgan fingerprint density at radius 3 is 2.19 bits per heavy atom. The summed E-state index contributed by atoms with van der Waals surface area (Å²) in [6.45, 7) is 5.38. The minimum atomic E-state index is -3.76. The zero-order valence-electron chi connectivity index (χ0n) is 18.0. The Morgan fingerprint density at radius 2 is 1.56 bits per heavy atom. The molecule has 2 aromatic carbocycles. The van der Waals surface area contributed by atoms with Gasteiger partial charge in [-0.2, -0.15) is 4.98 Å². The van der Waals surface area contributed by atoms with Crippen LogP contribution in [0.2, 0.25) is 0 Å². The highest BCUT2D eigenvalue weighted by Crippen LogP contribution is 2.23. The number of nitrogens with one attached hydrogen (secondary N) is 2. The van der Waals surface area contributed by atoms with Gasteiger partial charge in [0.1, 0.15) is 5.82 Å². The van der Waals surface area contributed by atoms with E-state index in [-0.39, 0.29) is 10.7 Å². The Kier molecular flexibility index (Phi) is 6.09. The van der Waals surface area contributed by atoms with E-state index in [2.05, 4.69) is 24.9 Å². The number of benzene rings is 2. The third-order valence-corrected chi connectivity index (χ3v) is 6.63. The first-order chi connectivity index (χ1) is 15.3. The van der Waals surface area contributed by atoms with Crippen molar-refractivity contribution >= 4 is 38.9 Å². The average molecular weight is 452 g/mol. The van der Waals surface area contributed by atoms with Gasteiger partial charge in [0.15, 0.2) is 5.78 Å². The van der Waals surface area contributed by atoms with Crippen molar-refractivity contribution in [1.29, 1.82) is 0 Å². The molecule has 2 heterocycles. The molecule has 9 heteroatoms. The number of nitrogens with zero attached hydrogens (tertiary/aromatic N) is 3. The van der Waals surface area contributed by atoms with Crippen molar-refractivity contribution < 1.29 is 13.2 Å². The standard InChI is InChI=1S/C23H25N5O3S/c1-16-15-22(28-13-3-4-14-28)26-23(24-16)25-19-7-9-20(10-8-19)27-32(30,31)21-11-5-18(6-12-21)17(2)29/h5-12,15,27H,3-4,13-14H2,1-2H3,(H,24,25,26). The molecule has 1 aromatic heterocycles. The molecule has 0 aliphatic carbocycles. The molecule has 8 nitrogen and oxygen atoms in total. The number of aromatic nitrogens is 2. The van der Waals surface area contributed by atoms with Gasteiger partial charge in [0, 0.05) is 41.8 Å². The SMILES string of the molecule is CC(=O)c1ccc(S(=O)(=O)Nc2ccc(Nc3nc(C)cc(N4CCCC4)n3)cc2)cc1. The lowest BCUT2D eigenvalue weighted by molar-refractivity contribution is 0.101. The number of Topliss-reactive ketones (excluding diaryl/α,β-unsaturated/α-hetero) is 1. The number of hydrogen-bond acceptors (Lipinski definition) is 7. The van der Waals surface area contributed by atoms with Gasteiger partial charge < -0.3 is 10.2 Å². The van der Waals surface area contributed by atoms with Crippen LogP contribution in [0.25, 0.3) is 0 Å². The lowest BCUT2D eigenvalue weighted by Crippen LogP contribution is -2.19. The van der Waals surface area contributed by atoms with E-state index in [1.54, 1.807) is 24.3 Å². The van der Waals surface area contributed by atoms with Crippen molar-refractivity contribution in [1.82, 2.24) is 9.97 Å². The molecule has 1 saturated heterocycles.